The third kappa shape index (κ3) is 6.12. The Bertz CT molecular complexity index is 1170. The summed E-state index contributed by atoms with van der Waals surface area (Å²) in [6.45, 7) is 0.145. The van der Waals surface area contributed by atoms with E-state index in [-0.39, 0.29) is 23.9 Å². The number of hydrogen-bond acceptors (Lipinski definition) is 5. The minimum absolute atomic E-state index is 0.0228. The molecule has 0 saturated heterocycles. The first kappa shape index (κ1) is 24.3. The van der Waals surface area contributed by atoms with E-state index in [9.17, 15) is 13.2 Å². The number of carbonyl (C=O) groups excluding carboxylic acids is 1. The van der Waals surface area contributed by atoms with E-state index in [0.29, 0.717) is 18.0 Å². The molecule has 0 atom stereocenters. The number of sulfonamides is 1. The summed E-state index contributed by atoms with van der Waals surface area (Å²) < 4.78 is 38.8. The highest BCUT2D eigenvalue weighted by Crippen LogP contribution is 2.31. The van der Waals surface area contributed by atoms with E-state index < -0.39 is 10.0 Å². The lowest BCUT2D eigenvalue weighted by Gasteiger charge is -2.25. The van der Waals surface area contributed by atoms with Gasteiger partial charge >= 0.3 is 0 Å². The first-order valence-corrected chi connectivity index (χ1v) is 11.8. The van der Waals surface area contributed by atoms with E-state index in [1.165, 1.54) is 41.6 Å². The van der Waals surface area contributed by atoms with Gasteiger partial charge in [-0.15, -0.1) is 0 Å². The van der Waals surface area contributed by atoms with Crippen LogP contribution >= 0.6 is 0 Å². The molecule has 0 spiro atoms. The highest BCUT2D eigenvalue weighted by molar-refractivity contribution is 7.89. The molecule has 0 unspecified atom stereocenters. The summed E-state index contributed by atoms with van der Waals surface area (Å²) in [7, 11) is 0.581. The van der Waals surface area contributed by atoms with Crippen molar-refractivity contribution in [2.24, 2.45) is 0 Å². The monoisotopic (exact) mass is 468 g/mol. The maximum atomic E-state index is 13.6. The molecule has 0 aliphatic heterocycles. The second-order valence-corrected chi connectivity index (χ2v) is 9.45. The quantitative estimate of drug-likeness (QED) is 0.455. The van der Waals surface area contributed by atoms with Gasteiger partial charge in [-0.1, -0.05) is 60.7 Å². The third-order valence-electron chi connectivity index (χ3n) is 5.19. The summed E-state index contributed by atoms with van der Waals surface area (Å²) in [4.78, 5) is 14.6. The van der Waals surface area contributed by atoms with Crippen LogP contribution in [0.4, 0.5) is 0 Å². The van der Waals surface area contributed by atoms with Gasteiger partial charge in [-0.05, 0) is 23.3 Å². The van der Waals surface area contributed by atoms with Gasteiger partial charge in [0.2, 0.25) is 15.9 Å². The van der Waals surface area contributed by atoms with Crippen molar-refractivity contribution >= 4 is 15.9 Å². The van der Waals surface area contributed by atoms with Crippen LogP contribution in [0, 0.1) is 0 Å². The van der Waals surface area contributed by atoms with Crippen LogP contribution in [0.1, 0.15) is 11.1 Å². The number of ether oxygens (including phenoxy) is 2. The predicted molar refractivity (Wildman–Crippen MR) is 126 cm³/mol. The van der Waals surface area contributed by atoms with Crippen molar-refractivity contribution in [1.82, 2.24) is 9.21 Å². The van der Waals surface area contributed by atoms with Crippen LogP contribution in [0.15, 0.2) is 83.8 Å². The van der Waals surface area contributed by atoms with Gasteiger partial charge in [0.1, 0.15) is 0 Å². The number of carbonyl (C=O) groups is 1. The van der Waals surface area contributed by atoms with Crippen LogP contribution in [0.25, 0.3) is 0 Å². The summed E-state index contributed by atoms with van der Waals surface area (Å²) in [5, 5.41) is 0. The van der Waals surface area contributed by atoms with Crippen molar-refractivity contribution in [1.29, 1.82) is 0 Å². The minimum atomic E-state index is -4.01. The molecule has 0 heterocycles. The average Bonchev–Trinajstić information content (AvgIpc) is 2.84. The molecule has 0 saturated carbocycles. The molecule has 0 fully saturated rings. The number of rotatable bonds is 10. The first-order chi connectivity index (χ1) is 15.8. The molecular weight excluding hydrogens is 440 g/mol. The molecule has 174 valence electrons. The molecule has 0 radical (unpaired) electrons. The molecule has 0 aromatic heterocycles. The van der Waals surface area contributed by atoms with Crippen LogP contribution < -0.4 is 9.47 Å². The van der Waals surface area contributed by atoms with Crippen molar-refractivity contribution in [2.75, 3.05) is 27.8 Å². The van der Waals surface area contributed by atoms with E-state index >= 15 is 0 Å². The smallest absolute Gasteiger partial charge is 0.243 e. The molecule has 0 bridgehead atoms. The van der Waals surface area contributed by atoms with E-state index in [0.717, 1.165) is 11.1 Å². The number of nitrogens with zero attached hydrogens (tertiary/aromatic N) is 2. The van der Waals surface area contributed by atoms with Crippen LogP contribution in [0.3, 0.4) is 0 Å². The van der Waals surface area contributed by atoms with Crippen LogP contribution in [0.5, 0.6) is 11.5 Å². The normalized spacial score (nSPS) is 11.3. The second kappa shape index (κ2) is 11.0. The molecule has 3 aromatic carbocycles. The summed E-state index contributed by atoms with van der Waals surface area (Å²) in [5.74, 6) is 0.411. The Morgan fingerprint density at radius 3 is 1.88 bits per heavy atom. The van der Waals surface area contributed by atoms with Gasteiger partial charge in [-0.25, -0.2) is 8.42 Å². The van der Waals surface area contributed by atoms with E-state index in [2.05, 4.69) is 0 Å². The molecule has 8 heteroatoms. The van der Waals surface area contributed by atoms with Crippen LogP contribution in [-0.2, 0) is 27.9 Å². The fourth-order valence-electron chi connectivity index (χ4n) is 3.36. The van der Waals surface area contributed by atoms with Gasteiger partial charge in [0.15, 0.2) is 11.5 Å². The van der Waals surface area contributed by atoms with Crippen molar-refractivity contribution in [2.45, 2.75) is 18.0 Å². The standard InChI is InChI=1S/C25H28N2O5S/c1-26(17-20-10-6-4-7-11-20)25(28)19-27(18-21-12-8-5-9-13-21)33(29,30)22-14-15-23(31-2)24(16-22)32-3/h4-16H,17-19H2,1-3H3. The molecule has 0 N–H and O–H groups in total. The fraction of sp³-hybridized carbons (Fsp3) is 0.240. The molecule has 0 aliphatic carbocycles. The van der Waals surface area contributed by atoms with Crippen LogP contribution in [-0.4, -0.2) is 51.3 Å². The molecule has 3 rings (SSSR count). The zero-order valence-electron chi connectivity index (χ0n) is 19.0. The van der Waals surface area contributed by atoms with Gasteiger partial charge in [-0.3, -0.25) is 4.79 Å². The highest BCUT2D eigenvalue weighted by Gasteiger charge is 2.29. The number of methoxy groups -OCH3 is 2. The first-order valence-electron chi connectivity index (χ1n) is 10.4. The second-order valence-electron chi connectivity index (χ2n) is 7.51. The zero-order chi connectivity index (χ0) is 23.8. The van der Waals surface area contributed by atoms with Gasteiger partial charge in [0.05, 0.1) is 25.7 Å². The highest BCUT2D eigenvalue weighted by atomic mass is 32.2. The van der Waals surface area contributed by atoms with Gasteiger partial charge in [0, 0.05) is 26.2 Å². The Hall–Kier alpha value is -3.36. The Morgan fingerprint density at radius 1 is 0.788 bits per heavy atom. The lowest BCUT2D eigenvalue weighted by atomic mass is 10.2. The number of amides is 1. The molecule has 1 amide bonds. The van der Waals surface area contributed by atoms with Gasteiger partial charge in [-0.2, -0.15) is 4.31 Å². The zero-order valence-corrected chi connectivity index (χ0v) is 19.8. The van der Waals surface area contributed by atoms with E-state index in [1.54, 1.807) is 7.05 Å². The SMILES string of the molecule is COc1ccc(S(=O)(=O)N(CC(=O)N(C)Cc2ccccc2)Cc2ccccc2)cc1OC. The minimum Gasteiger partial charge on any atom is -0.493 e. The molecule has 7 nitrogen and oxygen atoms in total. The van der Waals surface area contributed by atoms with E-state index in [1.807, 2.05) is 60.7 Å². The fourth-order valence-corrected chi connectivity index (χ4v) is 4.75. The summed E-state index contributed by atoms with van der Waals surface area (Å²) in [6, 6.07) is 23.1. The number of likely N-dealkylation sites (N-methyl/N-ethyl adjacent to an activating group) is 1. The maximum absolute atomic E-state index is 13.6. The van der Waals surface area contributed by atoms with E-state index in [4.69, 9.17) is 9.47 Å². The molecule has 33 heavy (non-hydrogen) atoms. The maximum Gasteiger partial charge on any atom is 0.243 e. The van der Waals surface area contributed by atoms with Crippen molar-refractivity contribution in [3.8, 4) is 11.5 Å². The van der Waals surface area contributed by atoms with Crippen molar-refractivity contribution < 1.29 is 22.7 Å². The summed E-state index contributed by atoms with van der Waals surface area (Å²) >= 11 is 0. The van der Waals surface area contributed by atoms with Gasteiger partial charge < -0.3 is 14.4 Å². The summed E-state index contributed by atoms with van der Waals surface area (Å²) in [5.41, 5.74) is 1.74. The number of hydrogen-bond donors (Lipinski definition) is 0. The van der Waals surface area contributed by atoms with Crippen molar-refractivity contribution in [3.63, 3.8) is 0 Å². The molecule has 0 aliphatic rings. The van der Waals surface area contributed by atoms with Crippen molar-refractivity contribution in [3.05, 3.63) is 90.0 Å². The van der Waals surface area contributed by atoms with Crippen LogP contribution in [0.2, 0.25) is 0 Å². The number of benzene rings is 3. The Balaban J connectivity index is 1.89. The largest absolute Gasteiger partial charge is 0.493 e. The topological polar surface area (TPSA) is 76.2 Å². The molecule has 3 aromatic rings. The Labute approximate surface area is 195 Å². The predicted octanol–water partition coefficient (Wildman–Crippen LogP) is 3.55. The lowest BCUT2D eigenvalue weighted by Crippen LogP contribution is -2.40. The Kier molecular flexibility index (Phi) is 8.08. The Morgan fingerprint density at radius 2 is 1.33 bits per heavy atom. The lowest BCUT2D eigenvalue weighted by molar-refractivity contribution is -0.130. The average molecular weight is 469 g/mol. The van der Waals surface area contributed by atoms with Gasteiger partial charge in [0.25, 0.3) is 0 Å². The molecular formula is C25H28N2O5S. The summed E-state index contributed by atoms with van der Waals surface area (Å²) in [6.07, 6.45) is 0. The third-order valence-corrected chi connectivity index (χ3v) is 6.98.